The average molecular weight is 425 g/mol. The van der Waals surface area contributed by atoms with E-state index in [1.54, 1.807) is 7.11 Å². The monoisotopic (exact) mass is 424 g/mol. The number of benzene rings is 2. The van der Waals surface area contributed by atoms with E-state index in [2.05, 4.69) is 9.80 Å². The standard InChI is InChI=1S/C24H25ClN2O3/c1-30-20-6-3-2-5-18(20)26-11-12-27-19-13-17(25)10-9-16(19)14-24(21(27)15-26)22(28)7-4-8-23(24)29/h2-3,5-6,9-10,13,21H,4,7-8,11-12,14-15H2,1H3/t21-/m0/s1. The van der Waals surface area contributed by atoms with Gasteiger partial charge in [0.1, 0.15) is 22.7 Å². The van der Waals surface area contributed by atoms with Crippen LogP contribution < -0.4 is 14.5 Å². The van der Waals surface area contributed by atoms with Gasteiger partial charge in [-0.3, -0.25) is 9.59 Å². The number of hydrogen-bond acceptors (Lipinski definition) is 5. The van der Waals surface area contributed by atoms with Gasteiger partial charge < -0.3 is 14.5 Å². The summed E-state index contributed by atoms with van der Waals surface area (Å²) in [6.07, 6.45) is 2.09. The van der Waals surface area contributed by atoms with Gasteiger partial charge in [-0.05, 0) is 42.7 Å². The molecule has 5 nitrogen and oxygen atoms in total. The number of ketones is 2. The topological polar surface area (TPSA) is 49.9 Å². The summed E-state index contributed by atoms with van der Waals surface area (Å²) in [4.78, 5) is 31.2. The molecule has 0 bridgehead atoms. The van der Waals surface area contributed by atoms with Gasteiger partial charge in [0.05, 0.1) is 18.8 Å². The van der Waals surface area contributed by atoms with E-state index in [4.69, 9.17) is 16.3 Å². The van der Waals surface area contributed by atoms with Crippen LogP contribution in [0, 0.1) is 5.41 Å². The fourth-order valence-corrected chi connectivity index (χ4v) is 5.72. The highest BCUT2D eigenvalue weighted by Crippen LogP contribution is 2.48. The summed E-state index contributed by atoms with van der Waals surface area (Å²) in [5.41, 5.74) is 2.14. The van der Waals surface area contributed by atoms with Crippen molar-refractivity contribution < 1.29 is 14.3 Å². The van der Waals surface area contributed by atoms with Crippen molar-refractivity contribution >= 4 is 34.5 Å². The van der Waals surface area contributed by atoms with Crippen LogP contribution >= 0.6 is 11.6 Å². The van der Waals surface area contributed by atoms with Gasteiger partial charge in [0, 0.05) is 43.2 Å². The van der Waals surface area contributed by atoms with Crippen molar-refractivity contribution in [2.45, 2.75) is 31.7 Å². The number of ether oxygens (including phenoxy) is 1. The minimum Gasteiger partial charge on any atom is -0.495 e. The Bertz CT molecular complexity index is 1010. The Kier molecular flexibility index (Phi) is 4.73. The summed E-state index contributed by atoms with van der Waals surface area (Å²) in [6.45, 7) is 2.10. The zero-order valence-electron chi connectivity index (χ0n) is 17.1. The van der Waals surface area contributed by atoms with E-state index in [1.807, 2.05) is 42.5 Å². The molecular formula is C24H25ClN2O3. The Labute approximate surface area is 181 Å². The molecule has 6 heteroatoms. The lowest BCUT2D eigenvalue weighted by molar-refractivity contribution is -0.146. The number of carbonyl (C=O) groups is 2. The normalized spacial score (nSPS) is 22.7. The quantitative estimate of drug-likeness (QED) is 0.684. The van der Waals surface area contributed by atoms with Crippen LogP contribution in [-0.4, -0.2) is 44.4 Å². The van der Waals surface area contributed by atoms with Crippen LogP contribution in [0.25, 0.3) is 0 Å². The summed E-state index contributed by atoms with van der Waals surface area (Å²) < 4.78 is 5.58. The molecule has 1 spiro atoms. The Hall–Kier alpha value is -2.53. The Morgan fingerprint density at radius 3 is 2.57 bits per heavy atom. The second-order valence-corrected chi connectivity index (χ2v) is 8.88. The van der Waals surface area contributed by atoms with Crippen LogP contribution in [0.5, 0.6) is 5.75 Å². The molecule has 1 atom stereocenters. The third kappa shape index (κ3) is 2.83. The van der Waals surface area contributed by atoms with Crippen molar-refractivity contribution in [3.63, 3.8) is 0 Å². The fraction of sp³-hybridized carbons (Fsp3) is 0.417. The van der Waals surface area contributed by atoms with Crippen LogP contribution in [0.3, 0.4) is 0 Å². The fourth-order valence-electron chi connectivity index (χ4n) is 5.55. The predicted molar refractivity (Wildman–Crippen MR) is 118 cm³/mol. The molecule has 156 valence electrons. The Morgan fingerprint density at radius 1 is 1.03 bits per heavy atom. The third-order valence-corrected chi connectivity index (χ3v) is 7.24. The molecule has 2 fully saturated rings. The predicted octanol–water partition coefficient (Wildman–Crippen LogP) is 3.91. The molecule has 0 radical (unpaired) electrons. The first-order valence-electron chi connectivity index (χ1n) is 10.5. The zero-order chi connectivity index (χ0) is 20.9. The van der Waals surface area contributed by atoms with Crippen molar-refractivity contribution in [2.24, 2.45) is 5.41 Å². The number of fused-ring (bicyclic) bond motifs is 4. The Morgan fingerprint density at radius 2 is 1.80 bits per heavy atom. The maximum atomic E-state index is 13.4. The van der Waals surface area contributed by atoms with Gasteiger partial charge in [0.2, 0.25) is 0 Å². The molecule has 0 aromatic heterocycles. The summed E-state index contributed by atoms with van der Waals surface area (Å²) in [5, 5.41) is 0.678. The summed E-state index contributed by atoms with van der Waals surface area (Å²) >= 11 is 6.32. The summed E-state index contributed by atoms with van der Waals surface area (Å²) in [7, 11) is 1.67. The van der Waals surface area contributed by atoms with Gasteiger partial charge in [0.15, 0.2) is 0 Å². The zero-order valence-corrected chi connectivity index (χ0v) is 17.8. The minimum atomic E-state index is -0.972. The number of piperazine rings is 1. The van der Waals surface area contributed by atoms with Crippen LogP contribution in [-0.2, 0) is 16.0 Å². The first kappa shape index (κ1) is 19.4. The number of halogens is 1. The molecule has 30 heavy (non-hydrogen) atoms. The van der Waals surface area contributed by atoms with Gasteiger partial charge in [-0.25, -0.2) is 0 Å². The first-order chi connectivity index (χ1) is 14.5. The van der Waals surface area contributed by atoms with Gasteiger partial charge in [0.25, 0.3) is 0 Å². The van der Waals surface area contributed by atoms with Crippen LogP contribution in [0.1, 0.15) is 24.8 Å². The molecule has 2 heterocycles. The number of Topliss-reactive ketones (excluding diaryl/α,β-unsaturated/α-hetero) is 2. The lowest BCUT2D eigenvalue weighted by Gasteiger charge is -2.55. The van der Waals surface area contributed by atoms with Gasteiger partial charge >= 0.3 is 0 Å². The molecule has 2 aromatic rings. The van der Waals surface area contributed by atoms with Crippen molar-refractivity contribution in [3.8, 4) is 5.75 Å². The van der Waals surface area contributed by atoms with E-state index in [-0.39, 0.29) is 17.6 Å². The Balaban J connectivity index is 1.61. The number of anilines is 2. The molecule has 0 unspecified atom stereocenters. The van der Waals surface area contributed by atoms with Crippen molar-refractivity contribution in [3.05, 3.63) is 53.1 Å². The van der Waals surface area contributed by atoms with E-state index in [0.29, 0.717) is 37.3 Å². The minimum absolute atomic E-state index is 0.0937. The molecule has 0 N–H and O–H groups in total. The molecule has 1 saturated carbocycles. The number of nitrogens with zero attached hydrogens (tertiary/aromatic N) is 2. The number of rotatable bonds is 2. The highest BCUT2D eigenvalue weighted by atomic mass is 35.5. The number of hydrogen-bond donors (Lipinski definition) is 0. The number of methoxy groups -OCH3 is 1. The largest absolute Gasteiger partial charge is 0.495 e. The summed E-state index contributed by atoms with van der Waals surface area (Å²) in [6, 6.07) is 13.5. The smallest absolute Gasteiger partial charge is 0.148 e. The molecule has 3 aliphatic rings. The van der Waals surface area contributed by atoms with E-state index < -0.39 is 5.41 Å². The van der Waals surface area contributed by atoms with E-state index >= 15 is 0 Å². The maximum Gasteiger partial charge on any atom is 0.148 e. The van der Waals surface area contributed by atoms with Crippen LogP contribution in [0.15, 0.2) is 42.5 Å². The van der Waals surface area contributed by atoms with Crippen LogP contribution in [0.2, 0.25) is 5.02 Å². The SMILES string of the molecule is COc1ccccc1N1CCN2c3cc(Cl)ccc3CC3(C(=O)CCCC3=O)[C@@H]2C1. The molecule has 1 aliphatic carbocycles. The lowest BCUT2D eigenvalue weighted by Crippen LogP contribution is -2.68. The maximum absolute atomic E-state index is 13.4. The average Bonchev–Trinajstić information content (AvgIpc) is 2.77. The molecular weight excluding hydrogens is 400 g/mol. The second-order valence-electron chi connectivity index (χ2n) is 8.45. The highest BCUT2D eigenvalue weighted by Gasteiger charge is 2.58. The van der Waals surface area contributed by atoms with Crippen molar-refractivity contribution in [1.82, 2.24) is 0 Å². The highest BCUT2D eigenvalue weighted by molar-refractivity contribution is 6.31. The molecule has 0 amide bonds. The van der Waals surface area contributed by atoms with E-state index in [9.17, 15) is 9.59 Å². The van der Waals surface area contributed by atoms with Gasteiger partial charge in [-0.15, -0.1) is 0 Å². The third-order valence-electron chi connectivity index (χ3n) is 7.00. The molecule has 2 aromatic carbocycles. The number of para-hydroxylation sites is 2. The van der Waals surface area contributed by atoms with Gasteiger partial charge in [-0.1, -0.05) is 29.8 Å². The van der Waals surface area contributed by atoms with Crippen molar-refractivity contribution in [1.29, 1.82) is 0 Å². The second kappa shape index (κ2) is 7.31. The molecule has 2 aliphatic heterocycles. The van der Waals surface area contributed by atoms with Crippen molar-refractivity contribution in [2.75, 3.05) is 36.5 Å². The first-order valence-corrected chi connectivity index (χ1v) is 10.9. The molecule has 5 rings (SSSR count). The van der Waals surface area contributed by atoms with Crippen LogP contribution in [0.4, 0.5) is 11.4 Å². The lowest BCUT2D eigenvalue weighted by atomic mass is 9.61. The van der Waals surface area contributed by atoms with E-state index in [1.165, 1.54) is 0 Å². The molecule has 1 saturated heterocycles. The van der Waals surface area contributed by atoms with E-state index in [0.717, 1.165) is 35.8 Å². The summed E-state index contributed by atoms with van der Waals surface area (Å²) in [5.74, 6) is 0.994. The number of carbonyl (C=O) groups excluding carboxylic acids is 2. The van der Waals surface area contributed by atoms with Gasteiger partial charge in [-0.2, -0.15) is 0 Å².